The van der Waals surface area contributed by atoms with Crippen LogP contribution in [0, 0.1) is 11.7 Å². The summed E-state index contributed by atoms with van der Waals surface area (Å²) < 4.78 is 0.400. The summed E-state index contributed by atoms with van der Waals surface area (Å²) in [4.78, 5) is 16.8. The van der Waals surface area contributed by atoms with Crippen LogP contribution in [0.15, 0.2) is 4.79 Å². The molecule has 1 rings (SSSR count). The van der Waals surface area contributed by atoms with Crippen molar-refractivity contribution in [3.63, 3.8) is 0 Å². The minimum atomic E-state index is -0.0573. The second kappa shape index (κ2) is 3.67. The fraction of sp³-hybridized carbons (Fsp3) is 0.500. The van der Waals surface area contributed by atoms with Crippen molar-refractivity contribution in [3.8, 4) is 0 Å². The van der Waals surface area contributed by atoms with E-state index in [1.54, 1.807) is 0 Å². The third kappa shape index (κ3) is 1.82. The Bertz CT molecular complexity index is 377. The van der Waals surface area contributed by atoms with Crippen molar-refractivity contribution >= 4 is 12.2 Å². The van der Waals surface area contributed by atoms with Gasteiger partial charge >= 0.3 is 0 Å². The van der Waals surface area contributed by atoms with Gasteiger partial charge in [-0.3, -0.25) is 9.78 Å². The van der Waals surface area contributed by atoms with Crippen LogP contribution in [0.4, 0.5) is 0 Å². The summed E-state index contributed by atoms with van der Waals surface area (Å²) in [5.41, 5.74) is 1.63. The minimum Gasteiger partial charge on any atom is -0.336 e. The topological polar surface area (TPSA) is 48.6 Å². The van der Waals surface area contributed by atoms with Crippen LogP contribution < -0.4 is 5.56 Å². The van der Waals surface area contributed by atoms with Gasteiger partial charge in [0.25, 0.3) is 5.56 Å². The molecule has 0 aliphatic carbocycles. The summed E-state index contributed by atoms with van der Waals surface area (Å²) >= 11 is 4.82. The molecule has 0 aliphatic rings. The SMILES string of the molecule is CCCc1c(C)[nH]c(=S)[nH]c1=O. The van der Waals surface area contributed by atoms with Crippen LogP contribution >= 0.6 is 12.2 Å². The minimum absolute atomic E-state index is 0.0573. The van der Waals surface area contributed by atoms with E-state index in [9.17, 15) is 4.79 Å². The van der Waals surface area contributed by atoms with E-state index in [-0.39, 0.29) is 5.56 Å². The van der Waals surface area contributed by atoms with Crippen molar-refractivity contribution in [2.24, 2.45) is 0 Å². The highest BCUT2D eigenvalue weighted by Gasteiger charge is 2.01. The highest BCUT2D eigenvalue weighted by Crippen LogP contribution is 2.00. The lowest BCUT2D eigenvalue weighted by Crippen LogP contribution is -2.16. The number of aryl methyl sites for hydroxylation is 1. The van der Waals surface area contributed by atoms with Crippen molar-refractivity contribution in [1.29, 1.82) is 0 Å². The number of hydrogen-bond acceptors (Lipinski definition) is 2. The summed E-state index contributed by atoms with van der Waals surface area (Å²) in [5.74, 6) is 0. The largest absolute Gasteiger partial charge is 0.336 e. The van der Waals surface area contributed by atoms with Crippen LogP contribution in [0.5, 0.6) is 0 Å². The predicted octanol–water partition coefficient (Wildman–Crippen LogP) is 1.69. The lowest BCUT2D eigenvalue weighted by Gasteiger charge is -2.01. The molecule has 3 nitrogen and oxygen atoms in total. The molecule has 4 heteroatoms. The molecule has 66 valence electrons. The van der Waals surface area contributed by atoms with Crippen molar-refractivity contribution in [2.45, 2.75) is 26.7 Å². The van der Waals surface area contributed by atoms with E-state index in [2.05, 4.69) is 9.97 Å². The van der Waals surface area contributed by atoms with Crippen molar-refractivity contribution in [1.82, 2.24) is 9.97 Å². The first kappa shape index (κ1) is 9.19. The van der Waals surface area contributed by atoms with E-state index < -0.39 is 0 Å². The van der Waals surface area contributed by atoms with E-state index in [4.69, 9.17) is 12.2 Å². The molecule has 0 radical (unpaired) electrons. The van der Waals surface area contributed by atoms with Gasteiger partial charge in [-0.15, -0.1) is 0 Å². The van der Waals surface area contributed by atoms with Crippen LogP contribution in [-0.2, 0) is 6.42 Å². The predicted molar refractivity (Wildman–Crippen MR) is 51.0 cm³/mol. The number of rotatable bonds is 2. The van der Waals surface area contributed by atoms with Crippen LogP contribution in [0.3, 0.4) is 0 Å². The maximum absolute atomic E-state index is 11.3. The molecule has 0 aromatic carbocycles. The lowest BCUT2D eigenvalue weighted by molar-refractivity contribution is 0.860. The Kier molecular flexibility index (Phi) is 2.81. The Hall–Kier alpha value is -0.900. The molecular weight excluding hydrogens is 172 g/mol. The zero-order chi connectivity index (χ0) is 9.14. The van der Waals surface area contributed by atoms with Gasteiger partial charge in [0, 0.05) is 11.3 Å². The van der Waals surface area contributed by atoms with Gasteiger partial charge in [-0.05, 0) is 25.6 Å². The Morgan fingerprint density at radius 2 is 2.08 bits per heavy atom. The molecule has 0 unspecified atom stereocenters. The fourth-order valence-electron chi connectivity index (χ4n) is 1.18. The molecule has 0 aliphatic heterocycles. The van der Waals surface area contributed by atoms with Gasteiger partial charge in [0.2, 0.25) is 0 Å². The Morgan fingerprint density at radius 3 is 2.58 bits per heavy atom. The molecule has 0 spiro atoms. The molecule has 0 saturated heterocycles. The Balaban J connectivity index is 3.29. The first-order chi connectivity index (χ1) is 5.65. The molecule has 0 saturated carbocycles. The summed E-state index contributed by atoms with van der Waals surface area (Å²) in [5, 5.41) is 0. The van der Waals surface area contributed by atoms with Gasteiger partial charge in [-0.2, -0.15) is 0 Å². The van der Waals surface area contributed by atoms with Gasteiger partial charge in [-0.25, -0.2) is 0 Å². The monoisotopic (exact) mass is 184 g/mol. The van der Waals surface area contributed by atoms with E-state index in [0.29, 0.717) is 4.77 Å². The molecule has 1 aromatic heterocycles. The van der Waals surface area contributed by atoms with Gasteiger partial charge in [0.15, 0.2) is 4.77 Å². The summed E-state index contributed by atoms with van der Waals surface area (Å²) in [6.45, 7) is 3.91. The fourth-order valence-corrected chi connectivity index (χ4v) is 1.42. The van der Waals surface area contributed by atoms with Gasteiger partial charge in [0.05, 0.1) is 0 Å². The molecule has 0 bridgehead atoms. The smallest absolute Gasteiger partial charge is 0.255 e. The number of nitrogens with one attached hydrogen (secondary N) is 2. The first-order valence-electron chi connectivity index (χ1n) is 3.97. The zero-order valence-corrected chi connectivity index (χ0v) is 8.05. The third-order valence-corrected chi connectivity index (χ3v) is 1.96. The van der Waals surface area contributed by atoms with Gasteiger partial charge < -0.3 is 4.98 Å². The van der Waals surface area contributed by atoms with Crippen LogP contribution in [0.25, 0.3) is 0 Å². The average Bonchev–Trinajstić information content (AvgIpc) is 1.96. The second-order valence-electron chi connectivity index (χ2n) is 2.76. The quantitative estimate of drug-likeness (QED) is 0.687. The maximum Gasteiger partial charge on any atom is 0.255 e. The Morgan fingerprint density at radius 1 is 1.42 bits per heavy atom. The lowest BCUT2D eigenvalue weighted by atomic mass is 10.1. The highest BCUT2D eigenvalue weighted by molar-refractivity contribution is 7.71. The van der Waals surface area contributed by atoms with E-state index in [1.807, 2.05) is 13.8 Å². The summed E-state index contributed by atoms with van der Waals surface area (Å²) in [6.07, 6.45) is 1.77. The third-order valence-electron chi connectivity index (χ3n) is 1.75. The molecule has 0 amide bonds. The zero-order valence-electron chi connectivity index (χ0n) is 7.23. The standard InChI is InChI=1S/C8H12N2OS/c1-3-4-6-5(2)9-8(12)10-7(6)11/h3-4H2,1-2H3,(H2,9,10,11,12). The van der Waals surface area contributed by atoms with E-state index in [1.165, 1.54) is 0 Å². The number of aromatic nitrogens is 2. The van der Waals surface area contributed by atoms with Gasteiger partial charge in [-0.1, -0.05) is 13.3 Å². The molecule has 12 heavy (non-hydrogen) atoms. The number of aromatic amines is 2. The van der Waals surface area contributed by atoms with Crippen molar-refractivity contribution in [2.75, 3.05) is 0 Å². The molecule has 2 N–H and O–H groups in total. The second-order valence-corrected chi connectivity index (χ2v) is 3.17. The number of hydrogen-bond donors (Lipinski definition) is 2. The summed E-state index contributed by atoms with van der Waals surface area (Å²) in [7, 11) is 0. The van der Waals surface area contributed by atoms with E-state index >= 15 is 0 Å². The van der Waals surface area contributed by atoms with Crippen LogP contribution in [0.1, 0.15) is 24.6 Å². The van der Waals surface area contributed by atoms with Crippen molar-refractivity contribution < 1.29 is 0 Å². The normalized spacial score (nSPS) is 10.2. The highest BCUT2D eigenvalue weighted by atomic mass is 32.1. The molecule has 0 atom stereocenters. The van der Waals surface area contributed by atoms with Gasteiger partial charge in [0.1, 0.15) is 0 Å². The number of H-pyrrole nitrogens is 2. The van der Waals surface area contributed by atoms with Crippen LogP contribution in [0.2, 0.25) is 0 Å². The average molecular weight is 184 g/mol. The Labute approximate surface area is 75.9 Å². The van der Waals surface area contributed by atoms with E-state index in [0.717, 1.165) is 24.1 Å². The molecule has 0 fully saturated rings. The summed E-state index contributed by atoms with van der Waals surface area (Å²) in [6, 6.07) is 0. The maximum atomic E-state index is 11.3. The molecule has 1 aromatic rings. The molecule has 1 heterocycles. The first-order valence-corrected chi connectivity index (χ1v) is 4.38. The molecular formula is C8H12N2OS. The van der Waals surface area contributed by atoms with Crippen LogP contribution in [-0.4, -0.2) is 9.97 Å². The van der Waals surface area contributed by atoms with Crippen molar-refractivity contribution in [3.05, 3.63) is 26.4 Å².